The maximum absolute atomic E-state index is 12.1. The topological polar surface area (TPSA) is 56.7 Å². The Kier molecular flexibility index (Phi) is 10.4. The molecule has 168 valence electrons. The van der Waals surface area contributed by atoms with Gasteiger partial charge in [0, 0.05) is 38.6 Å². The Balaban J connectivity index is 0.00000320. The van der Waals surface area contributed by atoms with E-state index in [9.17, 15) is 4.79 Å². The SMILES string of the molecule is CN=C(NCC1CCC(c2ccccc2)CC1)NC1CCN(C(=O)C(C)C)CC1.I. The number of hydrogen-bond donors (Lipinski definition) is 2. The molecule has 2 aliphatic rings. The molecular formula is C24H39IN4O. The van der Waals surface area contributed by atoms with Crippen molar-refractivity contribution in [3.05, 3.63) is 35.9 Å². The van der Waals surface area contributed by atoms with Crippen LogP contribution in [0.15, 0.2) is 35.3 Å². The minimum absolute atomic E-state index is 0. The van der Waals surface area contributed by atoms with Crippen molar-refractivity contribution in [3.8, 4) is 0 Å². The lowest BCUT2D eigenvalue weighted by molar-refractivity contribution is -0.135. The molecule has 1 heterocycles. The molecule has 0 unspecified atom stereocenters. The summed E-state index contributed by atoms with van der Waals surface area (Å²) >= 11 is 0. The number of guanidine groups is 1. The number of carbonyl (C=O) groups excluding carboxylic acids is 1. The number of benzene rings is 1. The molecule has 6 heteroatoms. The summed E-state index contributed by atoms with van der Waals surface area (Å²) in [6.07, 6.45) is 7.09. The first-order valence-electron chi connectivity index (χ1n) is 11.4. The monoisotopic (exact) mass is 526 g/mol. The normalized spacial score (nSPS) is 23.1. The molecule has 5 nitrogen and oxygen atoms in total. The number of likely N-dealkylation sites (tertiary alicyclic amines) is 1. The average Bonchev–Trinajstić information content (AvgIpc) is 2.77. The number of aliphatic imine (C=N–C) groups is 1. The molecule has 1 aromatic rings. The third-order valence-corrected chi connectivity index (χ3v) is 6.54. The zero-order valence-electron chi connectivity index (χ0n) is 18.8. The molecule has 2 fully saturated rings. The predicted octanol–water partition coefficient (Wildman–Crippen LogP) is 4.39. The van der Waals surface area contributed by atoms with Gasteiger partial charge in [-0.1, -0.05) is 44.2 Å². The van der Waals surface area contributed by atoms with E-state index < -0.39 is 0 Å². The number of nitrogens with one attached hydrogen (secondary N) is 2. The highest BCUT2D eigenvalue weighted by molar-refractivity contribution is 14.0. The molecular weight excluding hydrogens is 487 g/mol. The summed E-state index contributed by atoms with van der Waals surface area (Å²) in [5.41, 5.74) is 1.50. The molecule has 0 spiro atoms. The van der Waals surface area contributed by atoms with Gasteiger partial charge in [-0.25, -0.2) is 0 Å². The van der Waals surface area contributed by atoms with E-state index in [0.29, 0.717) is 6.04 Å². The van der Waals surface area contributed by atoms with Gasteiger partial charge in [-0.15, -0.1) is 24.0 Å². The zero-order valence-corrected chi connectivity index (χ0v) is 21.1. The van der Waals surface area contributed by atoms with E-state index in [1.807, 2.05) is 25.8 Å². The van der Waals surface area contributed by atoms with Crippen molar-refractivity contribution < 1.29 is 4.79 Å². The van der Waals surface area contributed by atoms with Crippen LogP contribution >= 0.6 is 24.0 Å². The van der Waals surface area contributed by atoms with Gasteiger partial charge in [0.15, 0.2) is 5.96 Å². The third-order valence-electron chi connectivity index (χ3n) is 6.54. The fourth-order valence-electron chi connectivity index (χ4n) is 4.66. The van der Waals surface area contributed by atoms with Crippen molar-refractivity contribution in [1.82, 2.24) is 15.5 Å². The van der Waals surface area contributed by atoms with Crippen molar-refractivity contribution in [2.24, 2.45) is 16.8 Å². The van der Waals surface area contributed by atoms with Crippen LogP contribution in [0.4, 0.5) is 0 Å². The van der Waals surface area contributed by atoms with E-state index in [0.717, 1.165) is 50.3 Å². The summed E-state index contributed by atoms with van der Waals surface area (Å²) in [6.45, 7) is 6.63. The van der Waals surface area contributed by atoms with Crippen LogP contribution in [-0.4, -0.2) is 49.5 Å². The Morgan fingerprint density at radius 3 is 2.27 bits per heavy atom. The van der Waals surface area contributed by atoms with Gasteiger partial charge in [0.2, 0.25) is 5.91 Å². The minimum Gasteiger partial charge on any atom is -0.356 e. The highest BCUT2D eigenvalue weighted by atomic mass is 127. The van der Waals surface area contributed by atoms with Crippen LogP contribution in [0.25, 0.3) is 0 Å². The Labute approximate surface area is 199 Å². The lowest BCUT2D eigenvalue weighted by Gasteiger charge is -2.34. The highest BCUT2D eigenvalue weighted by Gasteiger charge is 2.25. The molecule has 3 rings (SSSR count). The number of rotatable bonds is 5. The second kappa shape index (κ2) is 12.5. The van der Waals surface area contributed by atoms with Crippen molar-refractivity contribution in [3.63, 3.8) is 0 Å². The van der Waals surface area contributed by atoms with Crippen LogP contribution in [0, 0.1) is 11.8 Å². The zero-order chi connectivity index (χ0) is 20.6. The van der Waals surface area contributed by atoms with Gasteiger partial charge in [0.1, 0.15) is 0 Å². The van der Waals surface area contributed by atoms with Crippen LogP contribution in [0.1, 0.15) is 63.9 Å². The third kappa shape index (κ3) is 7.13. The first-order valence-corrected chi connectivity index (χ1v) is 11.4. The molecule has 1 saturated heterocycles. The van der Waals surface area contributed by atoms with Crippen LogP contribution in [0.5, 0.6) is 0 Å². The largest absolute Gasteiger partial charge is 0.356 e. The average molecular weight is 527 g/mol. The second-order valence-corrected chi connectivity index (χ2v) is 8.98. The summed E-state index contributed by atoms with van der Waals surface area (Å²) in [5, 5.41) is 7.12. The molecule has 0 aromatic heterocycles. The van der Waals surface area contributed by atoms with Crippen molar-refractivity contribution >= 4 is 35.8 Å². The van der Waals surface area contributed by atoms with Crippen molar-refractivity contribution in [2.45, 2.75) is 64.3 Å². The maximum Gasteiger partial charge on any atom is 0.225 e. The van der Waals surface area contributed by atoms with Gasteiger partial charge in [0.25, 0.3) is 0 Å². The molecule has 2 N–H and O–H groups in total. The summed E-state index contributed by atoms with van der Waals surface area (Å²) in [7, 11) is 1.85. The molecule has 1 aromatic carbocycles. The number of amides is 1. The summed E-state index contributed by atoms with van der Waals surface area (Å²) in [4.78, 5) is 18.6. The summed E-state index contributed by atoms with van der Waals surface area (Å²) in [5.74, 6) is 2.72. The number of carbonyl (C=O) groups is 1. The number of nitrogens with zero attached hydrogens (tertiary/aromatic N) is 2. The quantitative estimate of drug-likeness (QED) is 0.340. The Morgan fingerprint density at radius 2 is 1.70 bits per heavy atom. The molecule has 1 saturated carbocycles. The molecule has 0 radical (unpaired) electrons. The van der Waals surface area contributed by atoms with Gasteiger partial charge < -0.3 is 15.5 Å². The van der Waals surface area contributed by atoms with Crippen LogP contribution in [-0.2, 0) is 4.79 Å². The Hall–Kier alpha value is -1.31. The van der Waals surface area contributed by atoms with E-state index in [1.165, 1.54) is 31.2 Å². The predicted molar refractivity (Wildman–Crippen MR) is 135 cm³/mol. The lowest BCUT2D eigenvalue weighted by atomic mass is 9.79. The molecule has 1 amide bonds. The van der Waals surface area contributed by atoms with Crippen LogP contribution < -0.4 is 10.6 Å². The van der Waals surface area contributed by atoms with Gasteiger partial charge in [-0.3, -0.25) is 9.79 Å². The van der Waals surface area contributed by atoms with Crippen LogP contribution in [0.2, 0.25) is 0 Å². The van der Waals surface area contributed by atoms with Crippen LogP contribution in [0.3, 0.4) is 0 Å². The second-order valence-electron chi connectivity index (χ2n) is 8.98. The Bertz CT molecular complexity index is 663. The number of halogens is 1. The van der Waals surface area contributed by atoms with E-state index in [2.05, 4.69) is 46.0 Å². The van der Waals surface area contributed by atoms with Gasteiger partial charge in [-0.05, 0) is 55.9 Å². The smallest absolute Gasteiger partial charge is 0.225 e. The summed E-state index contributed by atoms with van der Waals surface area (Å²) in [6, 6.07) is 11.4. The van der Waals surface area contributed by atoms with E-state index >= 15 is 0 Å². The van der Waals surface area contributed by atoms with Gasteiger partial charge >= 0.3 is 0 Å². The van der Waals surface area contributed by atoms with E-state index in [-0.39, 0.29) is 35.8 Å². The summed E-state index contributed by atoms with van der Waals surface area (Å²) < 4.78 is 0. The van der Waals surface area contributed by atoms with Gasteiger partial charge in [-0.2, -0.15) is 0 Å². The number of hydrogen-bond acceptors (Lipinski definition) is 2. The molecule has 1 aliphatic heterocycles. The van der Waals surface area contributed by atoms with Crippen molar-refractivity contribution in [1.29, 1.82) is 0 Å². The molecule has 30 heavy (non-hydrogen) atoms. The molecule has 0 atom stereocenters. The lowest BCUT2D eigenvalue weighted by Crippen LogP contribution is -2.51. The fraction of sp³-hybridized carbons (Fsp3) is 0.667. The minimum atomic E-state index is 0. The van der Waals surface area contributed by atoms with E-state index in [1.54, 1.807) is 0 Å². The Morgan fingerprint density at radius 1 is 1.07 bits per heavy atom. The molecule has 0 bridgehead atoms. The van der Waals surface area contributed by atoms with Crippen molar-refractivity contribution in [2.75, 3.05) is 26.7 Å². The number of piperidine rings is 1. The molecule has 1 aliphatic carbocycles. The van der Waals surface area contributed by atoms with E-state index in [4.69, 9.17) is 0 Å². The maximum atomic E-state index is 12.1. The fourth-order valence-corrected chi connectivity index (χ4v) is 4.66. The first kappa shape index (κ1) is 25.0. The standard InChI is InChI=1S/C24H38N4O.HI/c1-18(2)23(29)28-15-13-22(14-16-28)27-24(25-3)26-17-19-9-11-21(12-10-19)20-7-5-4-6-8-20;/h4-8,18-19,21-22H,9-17H2,1-3H3,(H2,25,26,27);1H. The first-order chi connectivity index (χ1) is 14.1. The highest BCUT2D eigenvalue weighted by Crippen LogP contribution is 2.35. The van der Waals surface area contributed by atoms with Gasteiger partial charge in [0.05, 0.1) is 0 Å².